The quantitative estimate of drug-likeness (QED) is 0.806. The third kappa shape index (κ3) is 4.75. The number of nitrogens with two attached hydrogens (primary N) is 1. The average Bonchev–Trinajstić information content (AvgIpc) is 2.33. The number of carbonyl (C=O) groups is 1. The number of rotatable bonds is 6. The minimum absolute atomic E-state index is 0.0329. The van der Waals surface area contributed by atoms with Crippen LogP contribution in [0.5, 0.6) is 5.75 Å². The summed E-state index contributed by atoms with van der Waals surface area (Å²) in [6, 6.07) is 7.39. The Morgan fingerprint density at radius 1 is 1.50 bits per heavy atom. The minimum Gasteiger partial charge on any atom is -0.489 e. The van der Waals surface area contributed by atoms with Crippen LogP contribution in [0.4, 0.5) is 0 Å². The van der Waals surface area contributed by atoms with Gasteiger partial charge in [0.15, 0.2) is 0 Å². The zero-order valence-corrected chi connectivity index (χ0v) is 11.3. The van der Waals surface area contributed by atoms with Gasteiger partial charge in [-0.1, -0.05) is 19.1 Å². The molecule has 0 radical (unpaired) electrons. The van der Waals surface area contributed by atoms with Crippen LogP contribution in [0, 0.1) is 6.92 Å². The molecule has 2 atom stereocenters. The third-order valence-electron chi connectivity index (χ3n) is 2.67. The molecule has 0 aliphatic carbocycles. The van der Waals surface area contributed by atoms with E-state index in [0.29, 0.717) is 6.54 Å². The smallest absolute Gasteiger partial charge is 0.236 e. The van der Waals surface area contributed by atoms with Crippen molar-refractivity contribution < 1.29 is 9.53 Å². The van der Waals surface area contributed by atoms with E-state index in [4.69, 9.17) is 10.5 Å². The van der Waals surface area contributed by atoms with Gasteiger partial charge in [-0.3, -0.25) is 4.79 Å². The Morgan fingerprint density at radius 3 is 2.78 bits per heavy atom. The summed E-state index contributed by atoms with van der Waals surface area (Å²) in [4.78, 5) is 11.4. The highest BCUT2D eigenvalue weighted by Crippen LogP contribution is 2.15. The fourth-order valence-corrected chi connectivity index (χ4v) is 1.53. The van der Waals surface area contributed by atoms with Crippen molar-refractivity contribution in [3.63, 3.8) is 0 Å². The first kappa shape index (κ1) is 14.5. The second-order valence-corrected chi connectivity index (χ2v) is 4.50. The molecule has 0 fully saturated rings. The topological polar surface area (TPSA) is 64.4 Å². The Bertz CT molecular complexity index is 391. The molecule has 1 aromatic rings. The van der Waals surface area contributed by atoms with Gasteiger partial charge >= 0.3 is 0 Å². The molecule has 0 bridgehead atoms. The molecule has 0 saturated heterocycles. The Morgan fingerprint density at radius 2 is 2.22 bits per heavy atom. The van der Waals surface area contributed by atoms with Crippen molar-refractivity contribution in [2.24, 2.45) is 5.73 Å². The molecule has 0 aliphatic rings. The number of aryl methyl sites for hydroxylation is 1. The molecule has 100 valence electrons. The molecule has 0 saturated carbocycles. The molecule has 1 rings (SSSR count). The Kier molecular flexibility index (Phi) is 5.65. The van der Waals surface area contributed by atoms with E-state index in [0.717, 1.165) is 17.7 Å². The zero-order valence-electron chi connectivity index (χ0n) is 11.3. The van der Waals surface area contributed by atoms with Crippen molar-refractivity contribution in [3.8, 4) is 5.75 Å². The highest BCUT2D eigenvalue weighted by atomic mass is 16.5. The van der Waals surface area contributed by atoms with Gasteiger partial charge in [-0.25, -0.2) is 0 Å². The summed E-state index contributed by atoms with van der Waals surface area (Å²) in [6.07, 6.45) is 0.794. The van der Waals surface area contributed by atoms with Crippen LogP contribution in [0.1, 0.15) is 25.8 Å². The van der Waals surface area contributed by atoms with Gasteiger partial charge in [0.25, 0.3) is 0 Å². The predicted octanol–water partition coefficient (Wildman–Crippen LogP) is 1.62. The normalized spacial score (nSPS) is 13.8. The van der Waals surface area contributed by atoms with E-state index in [2.05, 4.69) is 5.32 Å². The van der Waals surface area contributed by atoms with Gasteiger partial charge in [-0.2, -0.15) is 0 Å². The standard InChI is InChI=1S/C14H22N2O2/c1-4-12(9-16-14(17)11(3)15)18-13-7-5-6-10(2)8-13/h5-8,11-12H,4,9,15H2,1-3H3,(H,16,17)/t11-,12?/m0/s1. The van der Waals surface area contributed by atoms with E-state index in [-0.39, 0.29) is 12.0 Å². The van der Waals surface area contributed by atoms with Crippen LogP contribution in [-0.2, 0) is 4.79 Å². The fourth-order valence-electron chi connectivity index (χ4n) is 1.53. The summed E-state index contributed by atoms with van der Waals surface area (Å²) in [5, 5.41) is 2.78. The van der Waals surface area contributed by atoms with Crippen LogP contribution in [0.3, 0.4) is 0 Å². The molecule has 4 nitrogen and oxygen atoms in total. The maximum absolute atomic E-state index is 11.4. The van der Waals surface area contributed by atoms with Crippen LogP contribution in [0.25, 0.3) is 0 Å². The largest absolute Gasteiger partial charge is 0.489 e. The highest BCUT2D eigenvalue weighted by molar-refractivity contribution is 5.80. The number of ether oxygens (including phenoxy) is 1. The summed E-state index contributed by atoms with van der Waals surface area (Å²) in [7, 11) is 0. The Labute approximate surface area is 109 Å². The third-order valence-corrected chi connectivity index (χ3v) is 2.67. The summed E-state index contributed by atoms with van der Waals surface area (Å²) in [5.41, 5.74) is 6.64. The second kappa shape index (κ2) is 7.01. The van der Waals surface area contributed by atoms with E-state index in [1.165, 1.54) is 0 Å². The molecular weight excluding hydrogens is 228 g/mol. The van der Waals surface area contributed by atoms with E-state index in [1.807, 2.05) is 38.1 Å². The molecule has 18 heavy (non-hydrogen) atoms. The molecule has 0 aromatic heterocycles. The monoisotopic (exact) mass is 250 g/mol. The van der Waals surface area contributed by atoms with Crippen molar-refractivity contribution in [3.05, 3.63) is 29.8 Å². The predicted molar refractivity (Wildman–Crippen MR) is 72.5 cm³/mol. The van der Waals surface area contributed by atoms with Gasteiger partial charge in [0.2, 0.25) is 5.91 Å². The van der Waals surface area contributed by atoms with Crippen molar-refractivity contribution in [1.82, 2.24) is 5.32 Å². The van der Waals surface area contributed by atoms with E-state index in [1.54, 1.807) is 6.92 Å². The lowest BCUT2D eigenvalue weighted by molar-refractivity contribution is -0.122. The van der Waals surface area contributed by atoms with Crippen molar-refractivity contribution in [2.45, 2.75) is 39.3 Å². The lowest BCUT2D eigenvalue weighted by Gasteiger charge is -2.19. The lowest BCUT2D eigenvalue weighted by atomic mass is 10.2. The van der Waals surface area contributed by atoms with E-state index < -0.39 is 6.04 Å². The molecule has 0 spiro atoms. The number of amides is 1. The number of hydrogen-bond acceptors (Lipinski definition) is 3. The summed E-state index contributed by atoms with van der Waals surface area (Å²) >= 11 is 0. The minimum atomic E-state index is -0.485. The van der Waals surface area contributed by atoms with Gasteiger partial charge in [-0.05, 0) is 38.0 Å². The second-order valence-electron chi connectivity index (χ2n) is 4.50. The van der Waals surface area contributed by atoms with Gasteiger partial charge in [0.1, 0.15) is 11.9 Å². The molecule has 4 heteroatoms. The molecule has 1 amide bonds. The van der Waals surface area contributed by atoms with Crippen LogP contribution in [0.15, 0.2) is 24.3 Å². The number of carbonyl (C=O) groups excluding carboxylic acids is 1. The van der Waals surface area contributed by atoms with Gasteiger partial charge in [-0.15, -0.1) is 0 Å². The SMILES string of the molecule is CCC(CNC(=O)[C@H](C)N)Oc1cccc(C)c1. The lowest BCUT2D eigenvalue weighted by Crippen LogP contribution is -2.42. The first-order chi connectivity index (χ1) is 8.52. The Hall–Kier alpha value is -1.55. The maximum atomic E-state index is 11.4. The van der Waals surface area contributed by atoms with Gasteiger partial charge < -0.3 is 15.8 Å². The summed E-state index contributed by atoms with van der Waals surface area (Å²) in [5.74, 6) is 0.679. The van der Waals surface area contributed by atoms with Crippen LogP contribution in [0.2, 0.25) is 0 Å². The maximum Gasteiger partial charge on any atom is 0.236 e. The first-order valence-corrected chi connectivity index (χ1v) is 6.29. The highest BCUT2D eigenvalue weighted by Gasteiger charge is 2.12. The molecular formula is C14H22N2O2. The average molecular weight is 250 g/mol. The summed E-state index contributed by atoms with van der Waals surface area (Å²) in [6.45, 7) is 6.19. The van der Waals surface area contributed by atoms with Crippen LogP contribution < -0.4 is 15.8 Å². The molecule has 3 N–H and O–H groups in total. The molecule has 0 aliphatic heterocycles. The zero-order chi connectivity index (χ0) is 13.5. The number of benzene rings is 1. The number of nitrogens with one attached hydrogen (secondary N) is 1. The first-order valence-electron chi connectivity index (χ1n) is 6.29. The molecule has 1 aromatic carbocycles. The summed E-state index contributed by atoms with van der Waals surface area (Å²) < 4.78 is 5.82. The van der Waals surface area contributed by atoms with E-state index in [9.17, 15) is 4.79 Å². The number of hydrogen-bond donors (Lipinski definition) is 2. The van der Waals surface area contributed by atoms with Crippen molar-refractivity contribution >= 4 is 5.91 Å². The molecule has 0 heterocycles. The molecule has 1 unspecified atom stereocenters. The van der Waals surface area contributed by atoms with Gasteiger partial charge in [0, 0.05) is 0 Å². The Balaban J connectivity index is 2.49. The van der Waals surface area contributed by atoms with Crippen LogP contribution >= 0.6 is 0 Å². The van der Waals surface area contributed by atoms with Crippen molar-refractivity contribution in [1.29, 1.82) is 0 Å². The van der Waals surface area contributed by atoms with Crippen LogP contribution in [-0.4, -0.2) is 24.6 Å². The fraction of sp³-hybridized carbons (Fsp3) is 0.500. The van der Waals surface area contributed by atoms with E-state index >= 15 is 0 Å². The van der Waals surface area contributed by atoms with Crippen molar-refractivity contribution in [2.75, 3.05) is 6.54 Å². The van der Waals surface area contributed by atoms with Gasteiger partial charge in [0.05, 0.1) is 12.6 Å².